The van der Waals surface area contributed by atoms with Crippen LogP contribution in [0.3, 0.4) is 0 Å². The molecule has 0 bridgehead atoms. The lowest BCUT2D eigenvalue weighted by Crippen LogP contribution is -1.86. The van der Waals surface area contributed by atoms with Crippen molar-refractivity contribution in [3.8, 4) is 0 Å². The summed E-state index contributed by atoms with van der Waals surface area (Å²) in [5, 5.41) is 7.18. The van der Waals surface area contributed by atoms with Crippen molar-refractivity contribution in [2.75, 3.05) is 0 Å². The Morgan fingerprint density at radius 1 is 1.70 bits per heavy atom. The number of aryl methyl sites for hydroxylation is 1. The molecule has 2 aromatic rings. The minimum atomic E-state index is 1.03. The summed E-state index contributed by atoms with van der Waals surface area (Å²) >= 11 is 0. The van der Waals surface area contributed by atoms with Crippen molar-refractivity contribution in [2.24, 2.45) is 0 Å². The average Bonchev–Trinajstić information content (AvgIpc) is 2.42. The second-order valence-corrected chi connectivity index (χ2v) is 2.30. The summed E-state index contributed by atoms with van der Waals surface area (Å²) in [7, 11) is 0. The molecule has 52 valence electrons. The van der Waals surface area contributed by atoms with Crippen molar-refractivity contribution in [3.63, 3.8) is 0 Å². The molecule has 2 rings (SSSR count). The number of H-pyrrole nitrogens is 1. The molecule has 2 heterocycles. The SMILES string of the molecule is CCc1cc2ccnn2[nH]1. The molecule has 0 aliphatic carbocycles. The molecule has 10 heavy (non-hydrogen) atoms. The number of nitrogens with zero attached hydrogens (tertiary/aromatic N) is 2. The quantitative estimate of drug-likeness (QED) is 0.626. The molecule has 3 nitrogen and oxygen atoms in total. The third kappa shape index (κ3) is 0.635. The van der Waals surface area contributed by atoms with Crippen LogP contribution in [0.4, 0.5) is 0 Å². The molecule has 0 aliphatic heterocycles. The lowest BCUT2D eigenvalue weighted by molar-refractivity contribution is 0.792. The number of hydrogen-bond acceptors (Lipinski definition) is 1. The fourth-order valence-electron chi connectivity index (χ4n) is 1.04. The Morgan fingerprint density at radius 3 is 3.30 bits per heavy atom. The molecule has 0 aromatic carbocycles. The fourth-order valence-corrected chi connectivity index (χ4v) is 1.04. The van der Waals surface area contributed by atoms with E-state index in [1.165, 1.54) is 5.69 Å². The minimum absolute atomic E-state index is 1.03. The van der Waals surface area contributed by atoms with Gasteiger partial charge in [0.25, 0.3) is 0 Å². The van der Waals surface area contributed by atoms with Gasteiger partial charge in [0.2, 0.25) is 0 Å². The Balaban J connectivity index is 2.67. The second kappa shape index (κ2) is 1.87. The van der Waals surface area contributed by atoms with E-state index in [-0.39, 0.29) is 0 Å². The van der Waals surface area contributed by atoms with Crippen LogP contribution in [0.2, 0.25) is 0 Å². The number of hydrogen-bond donors (Lipinski definition) is 1. The molecule has 0 fully saturated rings. The molecule has 0 saturated heterocycles. The van der Waals surface area contributed by atoms with Crippen LogP contribution in [0.1, 0.15) is 12.6 Å². The molecule has 0 radical (unpaired) electrons. The highest BCUT2D eigenvalue weighted by atomic mass is 15.4. The lowest BCUT2D eigenvalue weighted by Gasteiger charge is -1.83. The van der Waals surface area contributed by atoms with Crippen molar-refractivity contribution < 1.29 is 0 Å². The summed E-state index contributed by atoms with van der Waals surface area (Å²) in [6.45, 7) is 2.12. The fraction of sp³-hybridized carbons (Fsp3) is 0.286. The highest BCUT2D eigenvalue weighted by molar-refractivity contribution is 5.45. The Kier molecular flexibility index (Phi) is 1.03. The Morgan fingerprint density at radius 2 is 2.60 bits per heavy atom. The van der Waals surface area contributed by atoms with E-state index >= 15 is 0 Å². The number of aromatic nitrogens is 3. The molecule has 3 heteroatoms. The van der Waals surface area contributed by atoms with Gasteiger partial charge in [-0.3, -0.25) is 5.10 Å². The topological polar surface area (TPSA) is 33.1 Å². The van der Waals surface area contributed by atoms with Gasteiger partial charge < -0.3 is 0 Å². The van der Waals surface area contributed by atoms with Gasteiger partial charge in [-0.2, -0.15) is 9.73 Å². The second-order valence-electron chi connectivity index (χ2n) is 2.30. The zero-order chi connectivity index (χ0) is 6.97. The summed E-state index contributed by atoms with van der Waals surface area (Å²) < 4.78 is 1.78. The van der Waals surface area contributed by atoms with Crippen LogP contribution in [0.25, 0.3) is 5.52 Å². The minimum Gasteiger partial charge on any atom is -0.282 e. The molecule has 0 amide bonds. The molecule has 0 atom stereocenters. The van der Waals surface area contributed by atoms with Gasteiger partial charge in [0.15, 0.2) is 0 Å². The third-order valence-electron chi connectivity index (χ3n) is 1.62. The first-order valence-corrected chi connectivity index (χ1v) is 3.42. The van der Waals surface area contributed by atoms with Crippen LogP contribution >= 0.6 is 0 Å². The molecule has 0 spiro atoms. The predicted octanol–water partition coefficient (Wildman–Crippen LogP) is 1.22. The number of aromatic amines is 1. The van der Waals surface area contributed by atoms with Crippen LogP contribution in [-0.2, 0) is 6.42 Å². The summed E-state index contributed by atoms with van der Waals surface area (Å²) in [5.74, 6) is 0. The van der Waals surface area contributed by atoms with Crippen molar-refractivity contribution >= 4 is 5.52 Å². The molecular weight excluding hydrogens is 126 g/mol. The van der Waals surface area contributed by atoms with Crippen molar-refractivity contribution in [2.45, 2.75) is 13.3 Å². The largest absolute Gasteiger partial charge is 0.282 e. The normalized spacial score (nSPS) is 10.9. The molecule has 2 aromatic heterocycles. The zero-order valence-corrected chi connectivity index (χ0v) is 5.83. The predicted molar refractivity (Wildman–Crippen MR) is 38.9 cm³/mol. The number of fused-ring (bicyclic) bond motifs is 1. The van der Waals surface area contributed by atoms with Gasteiger partial charge in [0.05, 0.1) is 11.7 Å². The summed E-state index contributed by atoms with van der Waals surface area (Å²) in [6, 6.07) is 4.09. The summed E-state index contributed by atoms with van der Waals surface area (Å²) in [4.78, 5) is 0. The molecule has 0 unspecified atom stereocenters. The Hall–Kier alpha value is -1.25. The van der Waals surface area contributed by atoms with Gasteiger partial charge in [0.1, 0.15) is 0 Å². The first-order valence-electron chi connectivity index (χ1n) is 3.42. The van der Waals surface area contributed by atoms with Crippen molar-refractivity contribution in [1.29, 1.82) is 0 Å². The van der Waals surface area contributed by atoms with Crippen LogP contribution < -0.4 is 0 Å². The van der Waals surface area contributed by atoms with E-state index < -0.39 is 0 Å². The Labute approximate surface area is 58.6 Å². The van der Waals surface area contributed by atoms with Gasteiger partial charge in [-0.05, 0) is 18.6 Å². The highest BCUT2D eigenvalue weighted by Crippen LogP contribution is 2.04. The van der Waals surface area contributed by atoms with Gasteiger partial charge in [-0.15, -0.1) is 0 Å². The smallest absolute Gasteiger partial charge is 0.0867 e. The summed E-state index contributed by atoms with van der Waals surface area (Å²) in [6.07, 6.45) is 2.81. The molecular formula is C7H9N3. The molecule has 1 N–H and O–H groups in total. The lowest BCUT2D eigenvalue weighted by atomic mass is 10.3. The maximum atomic E-state index is 4.05. The van der Waals surface area contributed by atoms with E-state index in [0.29, 0.717) is 0 Å². The van der Waals surface area contributed by atoms with Crippen LogP contribution in [0.5, 0.6) is 0 Å². The first kappa shape index (κ1) is 5.53. The maximum Gasteiger partial charge on any atom is 0.0867 e. The van der Waals surface area contributed by atoms with E-state index in [4.69, 9.17) is 0 Å². The Bertz CT molecular complexity index is 303. The number of rotatable bonds is 1. The van der Waals surface area contributed by atoms with Gasteiger partial charge in [-0.1, -0.05) is 6.92 Å². The van der Waals surface area contributed by atoms with Gasteiger partial charge in [0, 0.05) is 5.69 Å². The van der Waals surface area contributed by atoms with E-state index in [0.717, 1.165) is 11.9 Å². The highest BCUT2D eigenvalue weighted by Gasteiger charge is 1.96. The van der Waals surface area contributed by atoms with Crippen LogP contribution in [-0.4, -0.2) is 14.8 Å². The van der Waals surface area contributed by atoms with Gasteiger partial charge in [-0.25, -0.2) is 0 Å². The standard InChI is InChI=1S/C7H9N3/c1-2-6-5-7-3-4-8-10(7)9-6/h3-5,9H,2H2,1H3. The van der Waals surface area contributed by atoms with Crippen molar-refractivity contribution in [3.05, 3.63) is 24.0 Å². The third-order valence-corrected chi connectivity index (χ3v) is 1.62. The monoisotopic (exact) mass is 135 g/mol. The summed E-state index contributed by atoms with van der Waals surface area (Å²) in [5.41, 5.74) is 2.36. The van der Waals surface area contributed by atoms with Crippen LogP contribution in [0.15, 0.2) is 18.3 Å². The van der Waals surface area contributed by atoms with E-state index in [1.807, 2.05) is 6.07 Å². The van der Waals surface area contributed by atoms with E-state index in [9.17, 15) is 0 Å². The first-order chi connectivity index (χ1) is 4.90. The van der Waals surface area contributed by atoms with E-state index in [1.54, 1.807) is 10.8 Å². The van der Waals surface area contributed by atoms with Gasteiger partial charge >= 0.3 is 0 Å². The molecule has 0 aliphatic rings. The molecule has 0 saturated carbocycles. The van der Waals surface area contributed by atoms with Crippen molar-refractivity contribution in [1.82, 2.24) is 14.8 Å². The zero-order valence-electron chi connectivity index (χ0n) is 5.83. The number of nitrogens with one attached hydrogen (secondary N) is 1. The maximum absolute atomic E-state index is 4.05. The average molecular weight is 135 g/mol. The van der Waals surface area contributed by atoms with Crippen LogP contribution in [0, 0.1) is 0 Å². The van der Waals surface area contributed by atoms with E-state index in [2.05, 4.69) is 23.2 Å².